The molecule has 1 aliphatic heterocycles. The summed E-state index contributed by atoms with van der Waals surface area (Å²) in [5.41, 5.74) is 4.65. The van der Waals surface area contributed by atoms with Gasteiger partial charge in [-0.2, -0.15) is 18.3 Å². The van der Waals surface area contributed by atoms with Gasteiger partial charge >= 0.3 is 6.18 Å². The zero-order valence-corrected chi connectivity index (χ0v) is 21.8. The van der Waals surface area contributed by atoms with Crippen LogP contribution in [0.25, 0.3) is 22.4 Å². The zero-order chi connectivity index (χ0) is 28.1. The Balaban J connectivity index is 1.49. The van der Waals surface area contributed by atoms with Gasteiger partial charge in [-0.15, -0.1) is 5.10 Å². The van der Waals surface area contributed by atoms with Gasteiger partial charge in [-0.1, -0.05) is 17.3 Å². The van der Waals surface area contributed by atoms with Crippen LogP contribution >= 0.6 is 0 Å². The fraction of sp³-hybridized carbons (Fsp3) is 0.333. The van der Waals surface area contributed by atoms with Crippen LogP contribution in [0.4, 0.5) is 23.2 Å². The highest BCUT2D eigenvalue weighted by Crippen LogP contribution is 2.38. The van der Waals surface area contributed by atoms with Crippen LogP contribution in [0.15, 0.2) is 42.6 Å². The highest BCUT2D eigenvalue weighted by atomic mass is 19.4. The molecule has 0 spiro atoms. The maximum atomic E-state index is 14.5. The number of halogens is 4. The van der Waals surface area contributed by atoms with Crippen molar-refractivity contribution in [3.63, 3.8) is 0 Å². The lowest BCUT2D eigenvalue weighted by atomic mass is 10.00. The molecule has 39 heavy (non-hydrogen) atoms. The van der Waals surface area contributed by atoms with Crippen LogP contribution < -0.4 is 9.64 Å². The third-order valence-electron chi connectivity index (χ3n) is 7.05. The lowest BCUT2D eigenvalue weighted by Crippen LogP contribution is -2.42. The van der Waals surface area contributed by atoms with E-state index in [1.165, 1.54) is 29.1 Å². The van der Waals surface area contributed by atoms with Crippen LogP contribution in [0.5, 0.6) is 5.75 Å². The molecule has 1 atom stereocenters. The normalized spacial score (nSPS) is 15.8. The minimum atomic E-state index is -4.68. The van der Waals surface area contributed by atoms with Crippen molar-refractivity contribution < 1.29 is 27.1 Å². The number of rotatable bonds is 5. The summed E-state index contributed by atoms with van der Waals surface area (Å²) in [6.07, 6.45) is -3.04. The monoisotopic (exact) mass is 542 g/mol. The topological polar surface area (TPSA) is 78.1 Å². The van der Waals surface area contributed by atoms with Crippen molar-refractivity contribution in [1.82, 2.24) is 24.8 Å². The molecule has 1 aliphatic rings. The summed E-state index contributed by atoms with van der Waals surface area (Å²) >= 11 is 0. The molecule has 204 valence electrons. The summed E-state index contributed by atoms with van der Waals surface area (Å²) in [5.74, 6) is -0.906. The fourth-order valence-corrected chi connectivity index (χ4v) is 5.12. The molecule has 0 radical (unpaired) electrons. The van der Waals surface area contributed by atoms with Gasteiger partial charge in [0.15, 0.2) is 0 Å². The van der Waals surface area contributed by atoms with E-state index in [9.17, 15) is 22.4 Å². The molecule has 0 bridgehead atoms. The van der Waals surface area contributed by atoms with E-state index in [1.807, 2.05) is 33.0 Å². The third-order valence-corrected chi connectivity index (χ3v) is 7.05. The number of hydrogen-bond donors (Lipinski definition) is 0. The number of fused-ring (bicyclic) bond motifs is 1. The highest BCUT2D eigenvalue weighted by Gasteiger charge is 2.40. The summed E-state index contributed by atoms with van der Waals surface area (Å²) in [5, 5.41) is 12.7. The molecule has 4 aromatic rings. The Morgan fingerprint density at radius 1 is 1.15 bits per heavy atom. The number of amides is 1. The molecule has 0 N–H and O–H groups in total. The maximum absolute atomic E-state index is 14.5. The number of alkyl halides is 3. The molecular weight excluding hydrogens is 516 g/mol. The second-order valence-corrected chi connectivity index (χ2v) is 9.50. The van der Waals surface area contributed by atoms with Crippen molar-refractivity contribution in [3.05, 3.63) is 65.4 Å². The summed E-state index contributed by atoms with van der Waals surface area (Å²) in [4.78, 5) is 14.0. The number of methoxy groups -OCH3 is 1. The third kappa shape index (κ3) is 4.86. The van der Waals surface area contributed by atoms with Gasteiger partial charge in [0.1, 0.15) is 29.8 Å². The predicted molar refractivity (Wildman–Crippen MR) is 136 cm³/mol. The Morgan fingerprint density at radius 2 is 1.92 bits per heavy atom. The van der Waals surface area contributed by atoms with Crippen LogP contribution in [0.3, 0.4) is 0 Å². The molecule has 0 saturated carbocycles. The maximum Gasteiger partial charge on any atom is 0.406 e. The van der Waals surface area contributed by atoms with Gasteiger partial charge < -0.3 is 9.64 Å². The summed E-state index contributed by atoms with van der Waals surface area (Å²) < 4.78 is 63.5. The standard InChI is InChI=1S/C27H26F4N6O2/c1-15-25(16(2)35(3)33-15)19-9-8-17(12-24(19)39-4)21-13-37(34-32-21)23-11-10-18-20(28)6-5-7-22(18)36(26(23)38)14-27(29,30)31/h5-9,12-13,23H,10-11,14H2,1-4H3. The van der Waals surface area contributed by atoms with Crippen LogP contribution in [0.1, 0.15) is 29.4 Å². The molecule has 1 unspecified atom stereocenters. The fourth-order valence-electron chi connectivity index (χ4n) is 5.12. The second-order valence-electron chi connectivity index (χ2n) is 9.50. The van der Waals surface area contributed by atoms with E-state index in [0.29, 0.717) is 21.9 Å². The first-order valence-electron chi connectivity index (χ1n) is 12.2. The molecule has 8 nitrogen and oxygen atoms in total. The Hall–Kier alpha value is -4.22. The van der Waals surface area contributed by atoms with Gasteiger partial charge in [-0.25, -0.2) is 9.07 Å². The molecule has 0 fully saturated rings. The van der Waals surface area contributed by atoms with Crippen molar-refractivity contribution >= 4 is 11.6 Å². The van der Waals surface area contributed by atoms with Gasteiger partial charge in [0.05, 0.1) is 24.7 Å². The molecule has 5 rings (SSSR count). The van der Waals surface area contributed by atoms with E-state index in [4.69, 9.17) is 4.74 Å². The number of aryl methyl sites for hydroxylation is 2. The number of nitrogens with zero attached hydrogens (tertiary/aromatic N) is 6. The van der Waals surface area contributed by atoms with Crippen LogP contribution in [0, 0.1) is 19.7 Å². The first kappa shape index (κ1) is 26.4. The summed E-state index contributed by atoms with van der Waals surface area (Å²) in [6, 6.07) is 8.20. The van der Waals surface area contributed by atoms with Crippen molar-refractivity contribution in [3.8, 4) is 28.1 Å². The Kier molecular flexibility index (Phi) is 6.65. The highest BCUT2D eigenvalue weighted by molar-refractivity contribution is 5.97. The first-order valence-corrected chi connectivity index (χ1v) is 12.2. The van der Waals surface area contributed by atoms with Crippen LogP contribution in [-0.2, 0) is 18.3 Å². The van der Waals surface area contributed by atoms with Gasteiger partial charge in [-0.05, 0) is 51.0 Å². The number of anilines is 1. The Morgan fingerprint density at radius 3 is 2.59 bits per heavy atom. The number of hydrogen-bond acceptors (Lipinski definition) is 5. The largest absolute Gasteiger partial charge is 0.496 e. The van der Waals surface area contributed by atoms with E-state index in [1.54, 1.807) is 17.9 Å². The second kappa shape index (κ2) is 9.83. The van der Waals surface area contributed by atoms with Gasteiger partial charge in [-0.3, -0.25) is 9.48 Å². The molecule has 12 heteroatoms. The first-order chi connectivity index (χ1) is 18.5. The van der Waals surface area contributed by atoms with E-state index in [2.05, 4.69) is 15.4 Å². The van der Waals surface area contributed by atoms with Crippen molar-refractivity contribution in [2.45, 2.75) is 38.9 Å². The van der Waals surface area contributed by atoms with E-state index >= 15 is 0 Å². The molecule has 0 aliphatic carbocycles. The lowest BCUT2D eigenvalue weighted by Gasteiger charge is -2.26. The van der Waals surface area contributed by atoms with E-state index in [-0.39, 0.29) is 24.1 Å². The van der Waals surface area contributed by atoms with Crippen molar-refractivity contribution in [2.75, 3.05) is 18.6 Å². The number of carbonyl (C=O) groups is 1. The number of benzene rings is 2. The minimum absolute atomic E-state index is 0.0613. The number of carbonyl (C=O) groups excluding carboxylic acids is 1. The molecule has 0 saturated heterocycles. The van der Waals surface area contributed by atoms with Crippen LogP contribution in [0.2, 0.25) is 0 Å². The molecule has 2 aromatic carbocycles. The number of aromatic nitrogens is 5. The molecule has 1 amide bonds. The predicted octanol–water partition coefficient (Wildman–Crippen LogP) is 5.19. The minimum Gasteiger partial charge on any atom is -0.496 e. The zero-order valence-electron chi connectivity index (χ0n) is 21.8. The summed E-state index contributed by atoms with van der Waals surface area (Å²) in [7, 11) is 3.42. The lowest BCUT2D eigenvalue weighted by molar-refractivity contribution is -0.134. The SMILES string of the molecule is COc1cc(-c2cn(C3CCc4c(F)cccc4N(CC(F)(F)F)C3=O)nn2)ccc1-c1c(C)nn(C)c1C. The average Bonchev–Trinajstić information content (AvgIpc) is 3.43. The average molecular weight is 543 g/mol. The van der Waals surface area contributed by atoms with Crippen molar-refractivity contribution in [1.29, 1.82) is 0 Å². The number of ether oxygens (including phenoxy) is 1. The van der Waals surface area contributed by atoms with Crippen LogP contribution in [-0.4, -0.2) is 50.5 Å². The van der Waals surface area contributed by atoms with Gasteiger partial charge in [0, 0.05) is 35.0 Å². The quantitative estimate of drug-likeness (QED) is 0.324. The van der Waals surface area contributed by atoms with Gasteiger partial charge in [0.25, 0.3) is 5.91 Å². The van der Waals surface area contributed by atoms with Crippen molar-refractivity contribution in [2.24, 2.45) is 7.05 Å². The summed E-state index contributed by atoms with van der Waals surface area (Å²) in [6.45, 7) is 2.34. The Labute approximate surface area is 221 Å². The van der Waals surface area contributed by atoms with E-state index < -0.39 is 30.5 Å². The molecule has 2 aromatic heterocycles. The smallest absolute Gasteiger partial charge is 0.406 e. The molecular formula is C27H26F4N6O2. The molecule has 3 heterocycles. The Bertz CT molecular complexity index is 1560. The van der Waals surface area contributed by atoms with Gasteiger partial charge in [0.2, 0.25) is 0 Å². The van der Waals surface area contributed by atoms with E-state index in [0.717, 1.165) is 22.5 Å².